The highest BCUT2D eigenvalue weighted by Gasteiger charge is 2.25. The molecule has 0 aromatic rings. The molecule has 1 aliphatic heterocycles. The third kappa shape index (κ3) is 4.06. The van der Waals surface area contributed by atoms with Gasteiger partial charge in [0.1, 0.15) is 0 Å². The molecule has 2 nitrogen and oxygen atoms in total. The third-order valence-electron chi connectivity index (χ3n) is 4.05. The molecule has 1 aliphatic carbocycles. The highest BCUT2D eigenvalue weighted by molar-refractivity contribution is 4.81. The lowest BCUT2D eigenvalue weighted by Gasteiger charge is -2.18. The van der Waals surface area contributed by atoms with Gasteiger partial charge >= 0.3 is 0 Å². The summed E-state index contributed by atoms with van der Waals surface area (Å²) in [6, 6.07) is 0.743. The normalized spacial score (nSPS) is 28.5. The van der Waals surface area contributed by atoms with Crippen molar-refractivity contribution in [3.63, 3.8) is 0 Å². The van der Waals surface area contributed by atoms with Gasteiger partial charge in [0.25, 0.3) is 0 Å². The van der Waals surface area contributed by atoms with Gasteiger partial charge in [0, 0.05) is 12.6 Å². The number of nitrogens with zero attached hydrogens (tertiary/aromatic N) is 1. The predicted octanol–water partition coefficient (Wildman–Crippen LogP) is 2.50. The van der Waals surface area contributed by atoms with E-state index < -0.39 is 0 Å². The summed E-state index contributed by atoms with van der Waals surface area (Å²) in [7, 11) is 0. The standard InChI is InChI=1S/C14H28N2/c1-3-7-16-8-6-14(11-16)10-15-12(2)9-13-4-5-13/h12-15H,3-11H2,1-2H3. The van der Waals surface area contributed by atoms with Crippen LogP contribution in [0.4, 0.5) is 0 Å². The smallest absolute Gasteiger partial charge is 0.00414 e. The average Bonchev–Trinajstić information content (AvgIpc) is 2.95. The summed E-state index contributed by atoms with van der Waals surface area (Å²) < 4.78 is 0. The number of hydrogen-bond donors (Lipinski definition) is 1. The molecule has 94 valence electrons. The second-order valence-electron chi connectivity index (χ2n) is 5.94. The zero-order valence-corrected chi connectivity index (χ0v) is 11.0. The first kappa shape index (κ1) is 12.4. The van der Waals surface area contributed by atoms with Crippen LogP contribution in [0.1, 0.15) is 46.0 Å². The average molecular weight is 224 g/mol. The zero-order chi connectivity index (χ0) is 11.4. The minimum Gasteiger partial charge on any atom is -0.314 e. The highest BCUT2D eigenvalue weighted by Crippen LogP contribution is 2.33. The van der Waals surface area contributed by atoms with Gasteiger partial charge in [0.15, 0.2) is 0 Å². The van der Waals surface area contributed by atoms with Crippen molar-refractivity contribution in [2.75, 3.05) is 26.2 Å². The Kier molecular flexibility index (Phi) is 4.66. The van der Waals surface area contributed by atoms with Crippen molar-refractivity contribution >= 4 is 0 Å². The molecule has 2 fully saturated rings. The molecular formula is C14H28N2. The van der Waals surface area contributed by atoms with Crippen LogP contribution < -0.4 is 5.32 Å². The van der Waals surface area contributed by atoms with Gasteiger partial charge in [-0.2, -0.15) is 0 Å². The van der Waals surface area contributed by atoms with Gasteiger partial charge < -0.3 is 10.2 Å². The maximum Gasteiger partial charge on any atom is 0.00414 e. The van der Waals surface area contributed by atoms with Crippen LogP contribution in [0.25, 0.3) is 0 Å². The second kappa shape index (κ2) is 6.02. The molecule has 1 saturated heterocycles. The summed E-state index contributed by atoms with van der Waals surface area (Å²) in [5.74, 6) is 1.97. The topological polar surface area (TPSA) is 15.3 Å². The SMILES string of the molecule is CCCN1CCC(CNC(C)CC2CC2)C1. The fraction of sp³-hybridized carbons (Fsp3) is 1.00. The number of nitrogens with one attached hydrogen (secondary N) is 1. The largest absolute Gasteiger partial charge is 0.314 e. The molecule has 1 heterocycles. The molecule has 0 spiro atoms. The monoisotopic (exact) mass is 224 g/mol. The minimum absolute atomic E-state index is 0.743. The van der Waals surface area contributed by atoms with Crippen molar-refractivity contribution in [3.8, 4) is 0 Å². The molecule has 2 unspecified atom stereocenters. The van der Waals surface area contributed by atoms with Crippen molar-refractivity contribution in [2.24, 2.45) is 11.8 Å². The van der Waals surface area contributed by atoms with E-state index in [4.69, 9.17) is 0 Å². The Morgan fingerprint density at radius 1 is 1.25 bits per heavy atom. The van der Waals surface area contributed by atoms with Gasteiger partial charge in [-0.15, -0.1) is 0 Å². The van der Waals surface area contributed by atoms with Crippen molar-refractivity contribution in [3.05, 3.63) is 0 Å². The summed E-state index contributed by atoms with van der Waals surface area (Å²) in [4.78, 5) is 2.62. The maximum atomic E-state index is 3.73. The van der Waals surface area contributed by atoms with E-state index in [0.29, 0.717) is 0 Å². The van der Waals surface area contributed by atoms with Crippen LogP contribution in [0.15, 0.2) is 0 Å². The van der Waals surface area contributed by atoms with Crippen molar-refractivity contribution in [2.45, 2.75) is 52.0 Å². The van der Waals surface area contributed by atoms with E-state index >= 15 is 0 Å². The molecule has 2 aliphatic rings. The molecule has 2 heteroatoms. The quantitative estimate of drug-likeness (QED) is 0.715. The highest BCUT2D eigenvalue weighted by atomic mass is 15.1. The van der Waals surface area contributed by atoms with Gasteiger partial charge in [-0.25, -0.2) is 0 Å². The zero-order valence-electron chi connectivity index (χ0n) is 11.0. The molecule has 2 atom stereocenters. The first-order valence-corrected chi connectivity index (χ1v) is 7.23. The van der Waals surface area contributed by atoms with Crippen LogP contribution in [0.3, 0.4) is 0 Å². The molecule has 1 saturated carbocycles. The molecule has 0 amide bonds. The van der Waals surface area contributed by atoms with E-state index in [-0.39, 0.29) is 0 Å². The molecule has 16 heavy (non-hydrogen) atoms. The van der Waals surface area contributed by atoms with E-state index in [0.717, 1.165) is 17.9 Å². The first-order chi connectivity index (χ1) is 7.78. The predicted molar refractivity (Wildman–Crippen MR) is 69.6 cm³/mol. The van der Waals surface area contributed by atoms with Gasteiger partial charge in [-0.1, -0.05) is 19.8 Å². The summed E-state index contributed by atoms with van der Waals surface area (Å²) in [5, 5.41) is 3.73. The number of likely N-dealkylation sites (tertiary alicyclic amines) is 1. The van der Waals surface area contributed by atoms with Crippen LogP contribution in [0.2, 0.25) is 0 Å². The minimum atomic E-state index is 0.743. The number of hydrogen-bond acceptors (Lipinski definition) is 2. The molecule has 0 bridgehead atoms. The molecule has 0 aromatic carbocycles. The van der Waals surface area contributed by atoms with E-state index in [1.54, 1.807) is 0 Å². The van der Waals surface area contributed by atoms with E-state index in [9.17, 15) is 0 Å². The summed E-state index contributed by atoms with van der Waals surface area (Å²) in [5.41, 5.74) is 0. The van der Waals surface area contributed by atoms with E-state index in [1.165, 1.54) is 58.3 Å². The Balaban J connectivity index is 1.55. The fourth-order valence-electron chi connectivity index (χ4n) is 2.90. The van der Waals surface area contributed by atoms with E-state index in [1.807, 2.05) is 0 Å². The van der Waals surface area contributed by atoms with Gasteiger partial charge in [-0.05, 0) is 57.7 Å². The lowest BCUT2D eigenvalue weighted by molar-refractivity contribution is 0.318. The lowest BCUT2D eigenvalue weighted by atomic mass is 10.1. The summed E-state index contributed by atoms with van der Waals surface area (Å²) in [6.45, 7) is 9.84. The van der Waals surface area contributed by atoms with Crippen molar-refractivity contribution < 1.29 is 0 Å². The van der Waals surface area contributed by atoms with Crippen molar-refractivity contribution in [1.29, 1.82) is 0 Å². The van der Waals surface area contributed by atoms with Crippen LogP contribution in [0.5, 0.6) is 0 Å². The number of rotatable bonds is 7. The lowest BCUT2D eigenvalue weighted by Crippen LogP contribution is -2.33. The van der Waals surface area contributed by atoms with Crippen LogP contribution in [-0.2, 0) is 0 Å². The molecular weight excluding hydrogens is 196 g/mol. The Morgan fingerprint density at radius 2 is 2.06 bits per heavy atom. The molecule has 0 aromatic heterocycles. The Hall–Kier alpha value is -0.0800. The first-order valence-electron chi connectivity index (χ1n) is 7.23. The molecule has 0 radical (unpaired) electrons. The second-order valence-corrected chi connectivity index (χ2v) is 5.94. The molecule has 2 rings (SSSR count). The van der Waals surface area contributed by atoms with Crippen molar-refractivity contribution in [1.82, 2.24) is 10.2 Å². The van der Waals surface area contributed by atoms with Gasteiger partial charge in [0.2, 0.25) is 0 Å². The van der Waals surface area contributed by atoms with Gasteiger partial charge in [-0.3, -0.25) is 0 Å². The van der Waals surface area contributed by atoms with Crippen LogP contribution >= 0.6 is 0 Å². The fourth-order valence-corrected chi connectivity index (χ4v) is 2.90. The Morgan fingerprint density at radius 3 is 2.75 bits per heavy atom. The summed E-state index contributed by atoms with van der Waals surface area (Å²) >= 11 is 0. The maximum absolute atomic E-state index is 3.73. The van der Waals surface area contributed by atoms with Crippen LogP contribution in [0, 0.1) is 11.8 Å². The van der Waals surface area contributed by atoms with E-state index in [2.05, 4.69) is 24.1 Å². The van der Waals surface area contributed by atoms with Gasteiger partial charge in [0.05, 0.1) is 0 Å². The van der Waals surface area contributed by atoms with Crippen LogP contribution in [-0.4, -0.2) is 37.1 Å². The summed E-state index contributed by atoms with van der Waals surface area (Å²) in [6.07, 6.45) is 7.09. The molecule has 1 N–H and O–H groups in total. The third-order valence-corrected chi connectivity index (χ3v) is 4.05. The Labute approximate surface area is 101 Å². The Bertz CT molecular complexity index is 201.